The van der Waals surface area contributed by atoms with E-state index < -0.39 is 5.97 Å². The van der Waals surface area contributed by atoms with Crippen molar-refractivity contribution in [2.75, 3.05) is 6.54 Å². The number of carboxylic acid groups (broad SMARTS) is 1. The van der Waals surface area contributed by atoms with Crippen LogP contribution in [0.1, 0.15) is 21.6 Å². The van der Waals surface area contributed by atoms with Crippen molar-refractivity contribution >= 4 is 30.8 Å². The maximum atomic E-state index is 11.4. The number of nitrogens with two attached hydrogens (primary N) is 1. The van der Waals surface area contributed by atoms with Crippen molar-refractivity contribution in [3.05, 3.63) is 35.3 Å². The molecule has 6 nitrogen and oxygen atoms in total. The average Bonchev–Trinajstić information content (AvgIpc) is 2.77. The third kappa shape index (κ3) is 2.88. The lowest BCUT2D eigenvalue weighted by molar-refractivity contribution is 0.0682. The zero-order valence-electron chi connectivity index (χ0n) is 11.2. The summed E-state index contributed by atoms with van der Waals surface area (Å²) in [5.41, 5.74) is 9.45. The van der Waals surface area contributed by atoms with E-state index in [0.29, 0.717) is 19.5 Å². The molecule has 21 heavy (non-hydrogen) atoms. The Balaban J connectivity index is 0.00000110. The van der Waals surface area contributed by atoms with E-state index in [-0.39, 0.29) is 30.5 Å². The standard InChI is InChI=1S/C13H14N4O2.2ClH/c14-4-6-17-12(13(18)19)10-2-1-8-7-15-5-3-9(8)11(10)16-17;;/h3,5,7H,1-2,4,6,14H2,(H,18,19);2*1H. The maximum absolute atomic E-state index is 11.4. The lowest BCUT2D eigenvalue weighted by Gasteiger charge is -2.14. The molecule has 2 aromatic heterocycles. The molecule has 0 bridgehead atoms. The Labute approximate surface area is 134 Å². The fourth-order valence-corrected chi connectivity index (χ4v) is 2.59. The number of aryl methyl sites for hydroxylation is 1. The van der Waals surface area contributed by atoms with Gasteiger partial charge in [-0.05, 0) is 24.5 Å². The van der Waals surface area contributed by atoms with Crippen LogP contribution in [0.25, 0.3) is 11.3 Å². The molecule has 0 aromatic carbocycles. The second kappa shape index (κ2) is 6.89. The van der Waals surface area contributed by atoms with Crippen LogP contribution in [0, 0.1) is 0 Å². The number of nitrogens with zero attached hydrogens (tertiary/aromatic N) is 3. The highest BCUT2D eigenvalue weighted by Gasteiger charge is 2.27. The van der Waals surface area contributed by atoms with E-state index in [1.54, 1.807) is 6.20 Å². The molecule has 0 radical (unpaired) electrons. The molecule has 0 spiro atoms. The van der Waals surface area contributed by atoms with Crippen LogP contribution in [0.4, 0.5) is 0 Å². The van der Waals surface area contributed by atoms with Crippen molar-refractivity contribution in [3.63, 3.8) is 0 Å². The monoisotopic (exact) mass is 330 g/mol. The van der Waals surface area contributed by atoms with Gasteiger partial charge in [0.2, 0.25) is 0 Å². The summed E-state index contributed by atoms with van der Waals surface area (Å²) in [6.07, 6.45) is 5.00. The minimum absolute atomic E-state index is 0. The van der Waals surface area contributed by atoms with Crippen molar-refractivity contribution in [1.82, 2.24) is 14.8 Å². The van der Waals surface area contributed by atoms with Gasteiger partial charge in [0.1, 0.15) is 5.69 Å². The molecule has 0 saturated carbocycles. The number of aromatic carboxylic acids is 1. The van der Waals surface area contributed by atoms with Crippen LogP contribution < -0.4 is 5.73 Å². The van der Waals surface area contributed by atoms with E-state index in [4.69, 9.17) is 5.73 Å². The summed E-state index contributed by atoms with van der Waals surface area (Å²) in [5, 5.41) is 13.8. The van der Waals surface area contributed by atoms with Gasteiger partial charge < -0.3 is 10.8 Å². The number of hydrogen-bond donors (Lipinski definition) is 2. The molecule has 1 aliphatic rings. The molecule has 2 aromatic rings. The highest BCUT2D eigenvalue weighted by Crippen LogP contribution is 2.33. The van der Waals surface area contributed by atoms with Crippen molar-refractivity contribution in [3.8, 4) is 11.3 Å². The number of rotatable bonds is 3. The lowest BCUT2D eigenvalue weighted by atomic mass is 9.90. The largest absolute Gasteiger partial charge is 0.477 e. The van der Waals surface area contributed by atoms with E-state index in [1.807, 2.05) is 12.3 Å². The Kier molecular flexibility index (Phi) is 5.71. The molecule has 8 heteroatoms. The van der Waals surface area contributed by atoms with Gasteiger partial charge in [0, 0.05) is 30.1 Å². The van der Waals surface area contributed by atoms with E-state index >= 15 is 0 Å². The SMILES string of the molecule is Cl.Cl.NCCn1nc2c(c1C(=O)O)CCc1cnccc1-2. The predicted molar refractivity (Wildman–Crippen MR) is 83.4 cm³/mol. The Hall–Kier alpha value is -1.63. The molecule has 3 N–H and O–H groups in total. The smallest absolute Gasteiger partial charge is 0.354 e. The van der Waals surface area contributed by atoms with Crippen molar-refractivity contribution < 1.29 is 9.90 Å². The normalized spacial score (nSPS) is 11.7. The number of fused-ring (bicyclic) bond motifs is 3. The van der Waals surface area contributed by atoms with Gasteiger partial charge in [-0.2, -0.15) is 5.10 Å². The Morgan fingerprint density at radius 1 is 1.38 bits per heavy atom. The van der Waals surface area contributed by atoms with Crippen LogP contribution >= 0.6 is 24.8 Å². The second-order valence-electron chi connectivity index (χ2n) is 4.53. The summed E-state index contributed by atoms with van der Waals surface area (Å²) < 4.78 is 1.50. The van der Waals surface area contributed by atoms with Gasteiger partial charge in [-0.15, -0.1) is 24.8 Å². The first-order valence-corrected chi connectivity index (χ1v) is 6.18. The number of carbonyl (C=O) groups is 1. The van der Waals surface area contributed by atoms with Gasteiger partial charge in [0.25, 0.3) is 0 Å². The maximum Gasteiger partial charge on any atom is 0.354 e. The summed E-state index contributed by atoms with van der Waals surface area (Å²) in [6, 6.07) is 1.89. The van der Waals surface area contributed by atoms with Gasteiger partial charge >= 0.3 is 5.97 Å². The topological polar surface area (TPSA) is 94.0 Å². The van der Waals surface area contributed by atoms with Crippen LogP contribution in [0.2, 0.25) is 0 Å². The van der Waals surface area contributed by atoms with Crippen molar-refractivity contribution in [2.45, 2.75) is 19.4 Å². The minimum atomic E-state index is -0.945. The Bertz CT molecular complexity index is 658. The highest BCUT2D eigenvalue weighted by molar-refractivity contribution is 5.90. The molecule has 0 aliphatic heterocycles. The molecular weight excluding hydrogens is 315 g/mol. The van der Waals surface area contributed by atoms with Gasteiger partial charge in [0.15, 0.2) is 0 Å². The zero-order chi connectivity index (χ0) is 13.4. The second-order valence-corrected chi connectivity index (χ2v) is 4.53. The van der Waals surface area contributed by atoms with Gasteiger partial charge in [-0.3, -0.25) is 9.67 Å². The number of halogens is 2. The minimum Gasteiger partial charge on any atom is -0.477 e. The van der Waals surface area contributed by atoms with Crippen molar-refractivity contribution in [2.24, 2.45) is 5.73 Å². The molecule has 0 amide bonds. The molecule has 0 atom stereocenters. The van der Waals surface area contributed by atoms with Crippen LogP contribution in [-0.2, 0) is 19.4 Å². The van der Waals surface area contributed by atoms with E-state index in [1.165, 1.54) is 4.68 Å². The van der Waals surface area contributed by atoms with E-state index in [9.17, 15) is 9.90 Å². The predicted octanol–water partition coefficient (Wildman–Crippen LogP) is 1.54. The number of hydrogen-bond acceptors (Lipinski definition) is 4. The Morgan fingerprint density at radius 3 is 2.81 bits per heavy atom. The molecule has 0 saturated heterocycles. The highest BCUT2D eigenvalue weighted by atomic mass is 35.5. The summed E-state index contributed by atoms with van der Waals surface area (Å²) >= 11 is 0. The molecule has 1 aliphatic carbocycles. The summed E-state index contributed by atoms with van der Waals surface area (Å²) in [5.74, 6) is -0.945. The molecule has 2 heterocycles. The van der Waals surface area contributed by atoms with E-state index in [2.05, 4.69) is 10.1 Å². The molecular formula is C13H16Cl2N4O2. The number of aromatic nitrogens is 3. The third-order valence-corrected chi connectivity index (χ3v) is 3.40. The third-order valence-electron chi connectivity index (χ3n) is 3.40. The summed E-state index contributed by atoms with van der Waals surface area (Å²) in [4.78, 5) is 15.5. The lowest BCUT2D eigenvalue weighted by Crippen LogP contribution is -2.17. The molecule has 3 rings (SSSR count). The quantitative estimate of drug-likeness (QED) is 0.890. The fourth-order valence-electron chi connectivity index (χ4n) is 2.59. The summed E-state index contributed by atoms with van der Waals surface area (Å²) in [6.45, 7) is 0.777. The van der Waals surface area contributed by atoms with Gasteiger partial charge in [-0.1, -0.05) is 0 Å². The van der Waals surface area contributed by atoms with Gasteiger partial charge in [0.05, 0.1) is 12.2 Å². The number of carboxylic acids is 1. The average molecular weight is 331 g/mol. The first-order chi connectivity index (χ1) is 9.22. The van der Waals surface area contributed by atoms with E-state index in [0.717, 1.165) is 28.8 Å². The zero-order valence-corrected chi connectivity index (χ0v) is 12.8. The fraction of sp³-hybridized carbons (Fsp3) is 0.308. The number of pyridine rings is 1. The first-order valence-electron chi connectivity index (χ1n) is 6.18. The summed E-state index contributed by atoms with van der Waals surface area (Å²) in [7, 11) is 0. The molecule has 114 valence electrons. The van der Waals surface area contributed by atoms with Crippen LogP contribution in [0.3, 0.4) is 0 Å². The van der Waals surface area contributed by atoms with Crippen LogP contribution in [0.5, 0.6) is 0 Å². The van der Waals surface area contributed by atoms with Gasteiger partial charge in [-0.25, -0.2) is 4.79 Å². The first kappa shape index (κ1) is 17.4. The van der Waals surface area contributed by atoms with Crippen LogP contribution in [-0.4, -0.2) is 32.4 Å². The van der Waals surface area contributed by atoms with Crippen LogP contribution in [0.15, 0.2) is 18.5 Å². The molecule has 0 unspecified atom stereocenters. The Morgan fingerprint density at radius 2 is 2.14 bits per heavy atom. The molecule has 0 fully saturated rings. The van der Waals surface area contributed by atoms with Crippen molar-refractivity contribution in [1.29, 1.82) is 0 Å².